The number of hydroxylamine groups is 2. The summed E-state index contributed by atoms with van der Waals surface area (Å²) in [6.07, 6.45) is 0.0522. The predicted octanol–water partition coefficient (Wildman–Crippen LogP) is -0.198. The molecule has 1 saturated heterocycles. The number of nitrogens with one attached hydrogen (secondary N) is 1. The molecule has 0 bridgehead atoms. The van der Waals surface area contributed by atoms with E-state index in [0.29, 0.717) is 10.2 Å². The number of imide groups is 1. The summed E-state index contributed by atoms with van der Waals surface area (Å²) in [5.41, 5.74) is 0.961. The smallest absolute Gasteiger partial charge is 0.334 e. The fourth-order valence-electron chi connectivity index (χ4n) is 3.08. The van der Waals surface area contributed by atoms with Gasteiger partial charge in [-0.1, -0.05) is 18.2 Å². The summed E-state index contributed by atoms with van der Waals surface area (Å²) in [5.74, 6) is -4.08. The van der Waals surface area contributed by atoms with Gasteiger partial charge in [-0.3, -0.25) is 18.9 Å². The largest absolute Gasteiger partial charge is 0.351 e. The standard InChI is InChI=1S/C20H17N7O8S2/c28-16-10-14(37(32,33)34)19(31)27(16)35-17(29)8-9-21-18(30)12-6-7-15(22-11-12)36-20-23-24-25-26(20)13-4-2-1-3-5-13/h1-7,11,14H,8-10H2,(H,21,30)(H,32,33,34). The number of aromatic nitrogens is 5. The van der Waals surface area contributed by atoms with Crippen LogP contribution < -0.4 is 5.32 Å². The highest BCUT2D eigenvalue weighted by atomic mass is 32.2. The lowest BCUT2D eigenvalue weighted by atomic mass is 10.2. The summed E-state index contributed by atoms with van der Waals surface area (Å²) in [6, 6.07) is 12.3. The van der Waals surface area contributed by atoms with E-state index in [9.17, 15) is 27.6 Å². The normalized spacial score (nSPS) is 15.6. The highest BCUT2D eigenvalue weighted by Crippen LogP contribution is 2.25. The molecule has 1 fully saturated rings. The van der Waals surface area contributed by atoms with Crippen molar-refractivity contribution in [2.75, 3.05) is 6.54 Å². The van der Waals surface area contributed by atoms with E-state index in [0.717, 1.165) is 5.69 Å². The first-order valence-corrected chi connectivity index (χ1v) is 12.8. The second-order valence-corrected chi connectivity index (χ2v) is 9.99. The average molecular weight is 548 g/mol. The maximum absolute atomic E-state index is 12.3. The van der Waals surface area contributed by atoms with Crippen LogP contribution in [0.15, 0.2) is 58.8 Å². The van der Waals surface area contributed by atoms with Gasteiger partial charge in [-0.05, 0) is 46.5 Å². The number of tetrazole rings is 1. The molecule has 0 aliphatic carbocycles. The molecule has 0 radical (unpaired) electrons. The van der Waals surface area contributed by atoms with Crippen LogP contribution in [0.4, 0.5) is 0 Å². The summed E-state index contributed by atoms with van der Waals surface area (Å²) in [6.45, 7) is -0.210. The van der Waals surface area contributed by atoms with Gasteiger partial charge in [-0.25, -0.2) is 9.78 Å². The molecular formula is C20H17N7O8S2. The maximum atomic E-state index is 12.3. The van der Waals surface area contributed by atoms with Crippen molar-refractivity contribution in [3.05, 3.63) is 54.2 Å². The topological polar surface area (TPSA) is 204 Å². The Morgan fingerprint density at radius 3 is 2.57 bits per heavy atom. The van der Waals surface area contributed by atoms with E-state index < -0.39 is 51.9 Å². The molecule has 192 valence electrons. The zero-order valence-corrected chi connectivity index (χ0v) is 20.3. The van der Waals surface area contributed by atoms with E-state index >= 15 is 0 Å². The van der Waals surface area contributed by atoms with Crippen LogP contribution in [0.3, 0.4) is 0 Å². The van der Waals surface area contributed by atoms with E-state index in [-0.39, 0.29) is 17.2 Å². The van der Waals surface area contributed by atoms with Crippen molar-refractivity contribution in [2.24, 2.45) is 0 Å². The van der Waals surface area contributed by atoms with Crippen LogP contribution in [0, 0.1) is 0 Å². The van der Waals surface area contributed by atoms with Crippen LogP contribution in [-0.2, 0) is 29.3 Å². The Balaban J connectivity index is 1.27. The van der Waals surface area contributed by atoms with Gasteiger partial charge >= 0.3 is 5.97 Å². The van der Waals surface area contributed by atoms with Crippen molar-refractivity contribution < 1.29 is 37.0 Å². The fourth-order valence-corrected chi connectivity index (χ4v) is 4.52. The monoisotopic (exact) mass is 547 g/mol. The van der Waals surface area contributed by atoms with Crippen LogP contribution in [0.1, 0.15) is 23.2 Å². The molecule has 3 aromatic rings. The minimum Gasteiger partial charge on any atom is -0.351 e. The lowest BCUT2D eigenvalue weighted by Gasteiger charge is -2.13. The third-order valence-corrected chi connectivity index (χ3v) is 6.84. The quantitative estimate of drug-likeness (QED) is 0.263. The molecule has 3 heterocycles. The van der Waals surface area contributed by atoms with Crippen LogP contribution >= 0.6 is 11.8 Å². The van der Waals surface area contributed by atoms with Crippen molar-refractivity contribution in [1.29, 1.82) is 0 Å². The van der Waals surface area contributed by atoms with E-state index in [2.05, 4.69) is 30.7 Å². The number of nitrogens with zero attached hydrogens (tertiary/aromatic N) is 6. The zero-order chi connectivity index (χ0) is 26.6. The van der Waals surface area contributed by atoms with Crippen molar-refractivity contribution >= 4 is 45.6 Å². The van der Waals surface area contributed by atoms with Gasteiger partial charge in [0, 0.05) is 12.7 Å². The summed E-state index contributed by atoms with van der Waals surface area (Å²) in [7, 11) is -4.82. The summed E-state index contributed by atoms with van der Waals surface area (Å²) in [5, 5.41) is 13.0. The van der Waals surface area contributed by atoms with Gasteiger partial charge in [-0.15, -0.1) is 10.2 Å². The molecule has 1 aliphatic heterocycles. The zero-order valence-electron chi connectivity index (χ0n) is 18.6. The molecule has 1 unspecified atom stereocenters. The minimum atomic E-state index is -4.82. The first kappa shape index (κ1) is 25.9. The SMILES string of the molecule is O=C(CCNC(=O)c1ccc(Sc2nnnn2-c2ccccc2)nc1)ON1C(=O)CC(S(=O)(=O)O)C1=O. The van der Waals surface area contributed by atoms with Crippen molar-refractivity contribution in [3.8, 4) is 5.69 Å². The number of carbonyl (C=O) groups is 4. The molecule has 17 heteroatoms. The van der Waals surface area contributed by atoms with E-state index in [4.69, 9.17) is 4.55 Å². The average Bonchev–Trinajstić information content (AvgIpc) is 3.44. The third kappa shape index (κ3) is 6.13. The second kappa shape index (κ2) is 10.8. The number of hydrogen-bond donors (Lipinski definition) is 2. The second-order valence-electron chi connectivity index (χ2n) is 7.40. The molecule has 1 atom stereocenters. The third-order valence-electron chi connectivity index (χ3n) is 4.87. The number of amides is 3. The number of hydrogen-bond acceptors (Lipinski definition) is 12. The number of pyridine rings is 1. The van der Waals surface area contributed by atoms with Crippen molar-refractivity contribution in [2.45, 2.75) is 28.3 Å². The first-order valence-electron chi connectivity index (χ1n) is 10.4. The first-order chi connectivity index (χ1) is 17.6. The highest BCUT2D eigenvalue weighted by molar-refractivity contribution is 7.99. The molecule has 37 heavy (non-hydrogen) atoms. The molecule has 0 saturated carbocycles. The van der Waals surface area contributed by atoms with Gasteiger partial charge in [0.2, 0.25) is 5.16 Å². The molecule has 1 aromatic carbocycles. The Labute approximate surface area is 212 Å². The molecule has 2 aromatic heterocycles. The molecule has 0 spiro atoms. The van der Waals surface area contributed by atoms with E-state index in [1.165, 1.54) is 28.7 Å². The molecular weight excluding hydrogens is 530 g/mol. The maximum Gasteiger partial charge on any atom is 0.334 e. The van der Waals surface area contributed by atoms with Gasteiger partial charge in [-0.2, -0.15) is 13.1 Å². The summed E-state index contributed by atoms with van der Waals surface area (Å²) < 4.78 is 32.8. The molecule has 3 amide bonds. The highest BCUT2D eigenvalue weighted by Gasteiger charge is 2.48. The fraction of sp³-hybridized carbons (Fsp3) is 0.200. The van der Waals surface area contributed by atoms with Crippen molar-refractivity contribution in [1.82, 2.24) is 35.6 Å². The number of rotatable bonds is 9. The van der Waals surface area contributed by atoms with Crippen molar-refractivity contribution in [3.63, 3.8) is 0 Å². The van der Waals surface area contributed by atoms with Gasteiger partial charge in [0.15, 0.2) is 5.25 Å². The predicted molar refractivity (Wildman–Crippen MR) is 122 cm³/mol. The molecule has 15 nitrogen and oxygen atoms in total. The number of carbonyl (C=O) groups excluding carboxylic acids is 4. The molecule has 2 N–H and O–H groups in total. The molecule has 1 aliphatic rings. The van der Waals surface area contributed by atoms with E-state index in [1.807, 2.05) is 30.3 Å². The van der Waals surface area contributed by atoms with Crippen LogP contribution in [0.25, 0.3) is 5.69 Å². The van der Waals surface area contributed by atoms with Crippen LogP contribution in [0.2, 0.25) is 0 Å². The van der Waals surface area contributed by atoms with Gasteiger partial charge in [0.1, 0.15) is 5.03 Å². The van der Waals surface area contributed by atoms with Gasteiger partial charge < -0.3 is 10.2 Å². The Kier molecular flexibility index (Phi) is 7.55. The van der Waals surface area contributed by atoms with Crippen LogP contribution in [-0.4, -0.2) is 78.7 Å². The number of benzene rings is 1. The lowest BCUT2D eigenvalue weighted by Crippen LogP contribution is -2.37. The lowest BCUT2D eigenvalue weighted by molar-refractivity contribution is -0.197. The van der Waals surface area contributed by atoms with Gasteiger partial charge in [0.25, 0.3) is 27.8 Å². The number of para-hydroxylation sites is 1. The summed E-state index contributed by atoms with van der Waals surface area (Å²) >= 11 is 1.18. The molecule has 4 rings (SSSR count). The van der Waals surface area contributed by atoms with Crippen LogP contribution in [0.5, 0.6) is 0 Å². The Bertz CT molecular complexity index is 1440. The summed E-state index contributed by atoms with van der Waals surface area (Å²) in [4.78, 5) is 56.7. The minimum absolute atomic E-state index is 0.00295. The van der Waals surface area contributed by atoms with E-state index in [1.54, 1.807) is 6.07 Å². The Morgan fingerprint density at radius 2 is 1.92 bits per heavy atom. The Morgan fingerprint density at radius 1 is 1.16 bits per heavy atom. The van der Waals surface area contributed by atoms with Gasteiger partial charge in [0.05, 0.1) is 24.1 Å². The Hall–Kier alpha value is -4.22.